The topological polar surface area (TPSA) is 34.5 Å². The van der Waals surface area contributed by atoms with Crippen LogP contribution in [0.5, 0.6) is 0 Å². The Bertz CT molecular complexity index is 1280. The number of benzene rings is 3. The number of aromatic nitrogens is 1. The van der Waals surface area contributed by atoms with Gasteiger partial charge in [-0.3, -0.25) is 9.69 Å². The van der Waals surface area contributed by atoms with Gasteiger partial charge in [0, 0.05) is 40.8 Å². The normalized spacial score (nSPS) is 22.5. The van der Waals surface area contributed by atoms with Crippen LogP contribution < -0.4 is 0 Å². The Morgan fingerprint density at radius 1 is 0.967 bits per heavy atom. The maximum atomic E-state index is 13.6. The lowest BCUT2D eigenvalue weighted by Gasteiger charge is -2.34. The Labute approximate surface area is 175 Å². The van der Waals surface area contributed by atoms with E-state index in [4.69, 9.17) is 4.74 Å². The van der Waals surface area contributed by atoms with Gasteiger partial charge in [0.25, 0.3) is 5.91 Å². The van der Waals surface area contributed by atoms with Crippen LogP contribution in [-0.2, 0) is 23.9 Å². The molecular weight excluding hydrogens is 372 g/mol. The zero-order valence-corrected chi connectivity index (χ0v) is 16.8. The van der Waals surface area contributed by atoms with E-state index in [1.807, 2.05) is 47.4 Å². The van der Waals surface area contributed by atoms with Crippen LogP contribution in [0.4, 0.5) is 0 Å². The summed E-state index contributed by atoms with van der Waals surface area (Å²) in [5, 5.41) is 1.24. The molecule has 148 valence electrons. The summed E-state index contributed by atoms with van der Waals surface area (Å²) in [5.74, 6) is 0.0530. The van der Waals surface area contributed by atoms with Crippen molar-refractivity contribution < 1.29 is 9.53 Å². The highest BCUT2D eigenvalue weighted by Crippen LogP contribution is 2.50. The smallest absolute Gasteiger partial charge is 0.257 e. The highest BCUT2D eigenvalue weighted by molar-refractivity contribution is 6.01. The third-order valence-corrected chi connectivity index (χ3v) is 6.53. The van der Waals surface area contributed by atoms with E-state index in [9.17, 15) is 4.79 Å². The minimum Gasteiger partial charge on any atom is -0.350 e. The summed E-state index contributed by atoms with van der Waals surface area (Å²) in [6, 6.07) is 26.4. The maximum Gasteiger partial charge on any atom is 0.257 e. The Morgan fingerprint density at radius 3 is 2.57 bits per heavy atom. The van der Waals surface area contributed by atoms with E-state index in [0.29, 0.717) is 6.61 Å². The number of nitrogens with zero attached hydrogens (tertiary/aromatic N) is 2. The van der Waals surface area contributed by atoms with Crippen LogP contribution in [-0.4, -0.2) is 28.0 Å². The van der Waals surface area contributed by atoms with Gasteiger partial charge in [-0.1, -0.05) is 66.7 Å². The number of carbonyl (C=O) groups excluding carboxylic acids is 1. The van der Waals surface area contributed by atoms with Crippen LogP contribution in [0.1, 0.15) is 27.0 Å². The molecule has 4 heteroatoms. The van der Waals surface area contributed by atoms with Crippen molar-refractivity contribution >= 4 is 16.8 Å². The molecule has 2 aliphatic heterocycles. The van der Waals surface area contributed by atoms with E-state index in [-0.39, 0.29) is 11.9 Å². The number of amides is 1. The Kier molecular flexibility index (Phi) is 3.68. The molecular formula is C26H22N2O2. The van der Waals surface area contributed by atoms with Crippen molar-refractivity contribution in [2.24, 2.45) is 7.05 Å². The molecule has 2 atom stereocenters. The number of hydrogen-bond acceptors (Lipinski definition) is 2. The quantitative estimate of drug-likeness (QED) is 0.514. The third-order valence-electron chi connectivity index (χ3n) is 6.53. The summed E-state index contributed by atoms with van der Waals surface area (Å²) in [6.07, 6.45) is 2.94. The minimum atomic E-state index is -0.843. The zero-order valence-electron chi connectivity index (χ0n) is 16.8. The third kappa shape index (κ3) is 2.22. The van der Waals surface area contributed by atoms with E-state index in [1.54, 1.807) is 0 Å². The van der Waals surface area contributed by atoms with E-state index in [2.05, 4.69) is 54.2 Å². The fourth-order valence-corrected chi connectivity index (χ4v) is 5.26. The number of ether oxygens (including phenoxy) is 1. The predicted molar refractivity (Wildman–Crippen MR) is 116 cm³/mol. The van der Waals surface area contributed by atoms with Crippen molar-refractivity contribution in [2.45, 2.75) is 18.2 Å². The van der Waals surface area contributed by atoms with E-state index < -0.39 is 5.72 Å². The molecule has 3 heterocycles. The molecule has 4 aromatic rings. The SMILES string of the molecule is Cn1cc(C[C@H]2CO[C@]3(c4ccccc4)c4ccccc4C(=O)N23)c2ccccc21. The predicted octanol–water partition coefficient (Wildman–Crippen LogP) is 4.48. The lowest BCUT2D eigenvalue weighted by Crippen LogP contribution is -2.45. The van der Waals surface area contributed by atoms with Gasteiger partial charge in [0.05, 0.1) is 12.6 Å². The van der Waals surface area contributed by atoms with E-state index in [1.165, 1.54) is 16.5 Å². The molecule has 0 bridgehead atoms. The van der Waals surface area contributed by atoms with Crippen molar-refractivity contribution in [1.29, 1.82) is 0 Å². The lowest BCUT2D eigenvalue weighted by molar-refractivity contribution is -0.0323. The summed E-state index contributed by atoms with van der Waals surface area (Å²) >= 11 is 0. The van der Waals surface area contributed by atoms with Gasteiger partial charge in [-0.2, -0.15) is 0 Å². The molecule has 30 heavy (non-hydrogen) atoms. The van der Waals surface area contributed by atoms with Gasteiger partial charge in [0.15, 0.2) is 5.72 Å². The molecule has 2 aliphatic rings. The number of para-hydroxylation sites is 1. The zero-order chi connectivity index (χ0) is 20.3. The number of rotatable bonds is 3. The summed E-state index contributed by atoms with van der Waals surface area (Å²) < 4.78 is 8.71. The monoisotopic (exact) mass is 394 g/mol. The summed E-state index contributed by atoms with van der Waals surface area (Å²) in [7, 11) is 2.07. The lowest BCUT2D eigenvalue weighted by atomic mass is 9.93. The molecule has 3 aromatic carbocycles. The maximum absolute atomic E-state index is 13.6. The second-order valence-electron chi connectivity index (χ2n) is 8.18. The number of fused-ring (bicyclic) bond motifs is 4. The second-order valence-corrected chi connectivity index (χ2v) is 8.18. The van der Waals surface area contributed by atoms with Crippen LogP contribution in [0, 0.1) is 0 Å². The standard InChI is InChI=1S/C26H22N2O2/c1-27-16-18(21-11-6-8-14-24(21)27)15-20-17-30-26(19-9-3-2-4-10-19)23-13-7-5-12-22(23)25(29)28(20)26/h2-14,16,20H,15,17H2,1H3/t20-,26+/m0/s1. The summed E-state index contributed by atoms with van der Waals surface area (Å²) in [6.45, 7) is 0.512. The number of aryl methyl sites for hydroxylation is 1. The molecule has 6 rings (SSSR count). The summed E-state index contributed by atoms with van der Waals surface area (Å²) in [5.41, 5.74) is 4.30. The highest BCUT2D eigenvalue weighted by Gasteiger charge is 2.58. The van der Waals surface area contributed by atoms with Crippen molar-refractivity contribution in [2.75, 3.05) is 6.61 Å². The van der Waals surface area contributed by atoms with Crippen molar-refractivity contribution in [1.82, 2.24) is 9.47 Å². The average molecular weight is 394 g/mol. The van der Waals surface area contributed by atoms with Gasteiger partial charge < -0.3 is 9.30 Å². The van der Waals surface area contributed by atoms with Crippen LogP contribution in [0.25, 0.3) is 10.9 Å². The van der Waals surface area contributed by atoms with Crippen LogP contribution in [0.15, 0.2) is 85.1 Å². The van der Waals surface area contributed by atoms with Gasteiger partial charge in [-0.25, -0.2) is 0 Å². The molecule has 0 radical (unpaired) electrons. The molecule has 0 unspecified atom stereocenters. The van der Waals surface area contributed by atoms with E-state index >= 15 is 0 Å². The molecule has 1 fully saturated rings. The van der Waals surface area contributed by atoms with Crippen molar-refractivity contribution in [3.05, 3.63) is 107 Å². The molecule has 0 saturated carbocycles. The molecule has 0 spiro atoms. The van der Waals surface area contributed by atoms with Crippen molar-refractivity contribution in [3.8, 4) is 0 Å². The van der Waals surface area contributed by atoms with Crippen LogP contribution in [0.3, 0.4) is 0 Å². The van der Waals surface area contributed by atoms with Crippen LogP contribution in [0.2, 0.25) is 0 Å². The first-order chi connectivity index (χ1) is 14.7. The largest absolute Gasteiger partial charge is 0.350 e. The van der Waals surface area contributed by atoms with Crippen molar-refractivity contribution in [3.63, 3.8) is 0 Å². The summed E-state index contributed by atoms with van der Waals surface area (Å²) in [4.78, 5) is 15.5. The first kappa shape index (κ1) is 17.5. The van der Waals surface area contributed by atoms with Gasteiger partial charge >= 0.3 is 0 Å². The van der Waals surface area contributed by atoms with Crippen LogP contribution >= 0.6 is 0 Å². The van der Waals surface area contributed by atoms with Gasteiger partial charge in [-0.15, -0.1) is 0 Å². The molecule has 0 N–H and O–H groups in total. The van der Waals surface area contributed by atoms with E-state index in [0.717, 1.165) is 23.1 Å². The first-order valence-electron chi connectivity index (χ1n) is 10.4. The Hall–Kier alpha value is -3.37. The fourth-order valence-electron chi connectivity index (χ4n) is 5.26. The first-order valence-corrected chi connectivity index (χ1v) is 10.4. The van der Waals surface area contributed by atoms with Gasteiger partial charge in [-0.05, 0) is 24.1 Å². The van der Waals surface area contributed by atoms with Gasteiger partial charge in [0.1, 0.15) is 0 Å². The Morgan fingerprint density at radius 2 is 1.70 bits per heavy atom. The number of hydrogen-bond donors (Lipinski definition) is 0. The molecule has 4 nitrogen and oxygen atoms in total. The Balaban J connectivity index is 1.48. The molecule has 1 aromatic heterocycles. The molecule has 1 amide bonds. The second kappa shape index (κ2) is 6.31. The fraction of sp³-hybridized carbons (Fsp3) is 0.192. The molecule has 0 aliphatic carbocycles. The number of carbonyl (C=O) groups is 1. The minimum absolute atomic E-state index is 0.0316. The molecule has 1 saturated heterocycles. The van der Waals surface area contributed by atoms with Gasteiger partial charge in [0.2, 0.25) is 0 Å². The average Bonchev–Trinajstić information content (AvgIpc) is 3.41. The highest BCUT2D eigenvalue weighted by atomic mass is 16.5.